The number of nitrogens with zero attached hydrogens (tertiary/aromatic N) is 1. The van der Waals surface area contributed by atoms with Gasteiger partial charge in [0.05, 0.1) is 12.0 Å². The fourth-order valence-corrected chi connectivity index (χ4v) is 6.71. The number of rotatable bonds is 5. The van der Waals surface area contributed by atoms with Crippen LogP contribution in [0.4, 0.5) is 5.00 Å². The highest BCUT2D eigenvalue weighted by atomic mass is 32.2. The van der Waals surface area contributed by atoms with Crippen LogP contribution < -0.4 is 5.32 Å². The van der Waals surface area contributed by atoms with E-state index < -0.39 is 22.0 Å². The number of Topliss-reactive ketones (excluding diaryl/α,β-unsaturated/α-hetero) is 1. The number of benzene rings is 1. The zero-order valence-corrected chi connectivity index (χ0v) is 19.1. The summed E-state index contributed by atoms with van der Waals surface area (Å²) in [5, 5.41) is 25.2. The Bertz CT molecular complexity index is 1240. The van der Waals surface area contributed by atoms with Crippen LogP contribution in [0, 0.1) is 5.92 Å². The summed E-state index contributed by atoms with van der Waals surface area (Å²) in [4.78, 5) is 13.7. The first-order valence-corrected chi connectivity index (χ1v) is 12.3. The largest absolute Gasteiger partial charge is 0.506 e. The van der Waals surface area contributed by atoms with Gasteiger partial charge in [0.2, 0.25) is 0 Å². The van der Waals surface area contributed by atoms with Crippen LogP contribution in [0.1, 0.15) is 50.3 Å². The van der Waals surface area contributed by atoms with Crippen molar-refractivity contribution in [1.29, 1.82) is 0 Å². The van der Waals surface area contributed by atoms with Crippen molar-refractivity contribution in [2.45, 2.75) is 50.5 Å². The number of amidine groups is 1. The minimum Gasteiger partial charge on any atom is -0.506 e. The predicted molar refractivity (Wildman–Crippen MR) is 121 cm³/mol. The SMILES string of the molecule is CC(C)CC[C@]1(C)C(=O)C(C2=NS(=O)(=O)c3c(CO)csc3N2)=C(O)c2ccccc21. The maximum absolute atomic E-state index is 13.7. The molecule has 0 unspecified atom stereocenters. The molecule has 0 bridgehead atoms. The normalized spacial score (nSPS) is 22.1. The first kappa shape index (κ1) is 21.7. The van der Waals surface area contributed by atoms with E-state index in [1.165, 1.54) is 5.38 Å². The minimum absolute atomic E-state index is 0.0879. The van der Waals surface area contributed by atoms with Crippen LogP contribution in [0.2, 0.25) is 0 Å². The highest BCUT2D eigenvalue weighted by molar-refractivity contribution is 7.90. The lowest BCUT2D eigenvalue weighted by molar-refractivity contribution is -0.120. The molecule has 2 aromatic rings. The number of sulfonamides is 1. The molecular formula is C22H24N2O5S2. The average molecular weight is 461 g/mol. The highest BCUT2D eigenvalue weighted by Crippen LogP contribution is 2.45. The summed E-state index contributed by atoms with van der Waals surface area (Å²) in [5.41, 5.74) is 0.412. The van der Waals surface area contributed by atoms with Gasteiger partial charge in [-0.15, -0.1) is 15.7 Å². The van der Waals surface area contributed by atoms with Gasteiger partial charge in [-0.3, -0.25) is 4.79 Å². The van der Waals surface area contributed by atoms with Gasteiger partial charge in [0.1, 0.15) is 21.2 Å². The summed E-state index contributed by atoms with van der Waals surface area (Å²) in [6.45, 7) is 5.55. The molecule has 7 nitrogen and oxygen atoms in total. The van der Waals surface area contributed by atoms with Crippen LogP contribution in [0.15, 0.2) is 44.5 Å². The summed E-state index contributed by atoms with van der Waals surface area (Å²) in [6.07, 6.45) is 1.34. The summed E-state index contributed by atoms with van der Waals surface area (Å²) >= 11 is 1.10. The Morgan fingerprint density at radius 2 is 1.97 bits per heavy atom. The predicted octanol–water partition coefficient (Wildman–Crippen LogP) is 4.00. The van der Waals surface area contributed by atoms with E-state index in [4.69, 9.17) is 0 Å². The monoisotopic (exact) mass is 460 g/mol. The zero-order valence-electron chi connectivity index (χ0n) is 17.5. The minimum atomic E-state index is -4.15. The van der Waals surface area contributed by atoms with Gasteiger partial charge in [-0.2, -0.15) is 8.42 Å². The number of aliphatic hydroxyl groups is 2. The van der Waals surface area contributed by atoms with Crippen molar-refractivity contribution in [3.63, 3.8) is 0 Å². The molecule has 0 fully saturated rings. The molecule has 164 valence electrons. The molecule has 4 rings (SSSR count). The first-order valence-electron chi connectivity index (χ1n) is 10.0. The Labute approximate surface area is 185 Å². The number of carbonyl (C=O) groups is 1. The van der Waals surface area contributed by atoms with Gasteiger partial charge in [-0.25, -0.2) is 0 Å². The summed E-state index contributed by atoms with van der Waals surface area (Å²) in [6, 6.07) is 7.15. The van der Waals surface area contributed by atoms with Crippen molar-refractivity contribution in [3.8, 4) is 0 Å². The lowest BCUT2D eigenvalue weighted by Crippen LogP contribution is -2.42. The number of anilines is 1. The molecule has 1 aromatic heterocycles. The number of carbonyl (C=O) groups excluding carboxylic acids is 1. The van der Waals surface area contributed by atoms with E-state index >= 15 is 0 Å². The number of aliphatic hydroxyl groups excluding tert-OH is 2. The Hall–Kier alpha value is -2.49. The second-order valence-corrected chi connectivity index (χ2v) is 10.9. The average Bonchev–Trinajstić information content (AvgIpc) is 3.15. The maximum atomic E-state index is 13.7. The second kappa shape index (κ2) is 7.58. The Balaban J connectivity index is 1.89. The van der Waals surface area contributed by atoms with Crippen molar-refractivity contribution in [3.05, 3.63) is 51.9 Å². The van der Waals surface area contributed by atoms with E-state index in [1.54, 1.807) is 12.1 Å². The van der Waals surface area contributed by atoms with Gasteiger partial charge < -0.3 is 15.5 Å². The highest BCUT2D eigenvalue weighted by Gasteiger charge is 2.46. The van der Waals surface area contributed by atoms with Crippen molar-refractivity contribution in [2.24, 2.45) is 10.3 Å². The first-order chi connectivity index (χ1) is 14.6. The Morgan fingerprint density at radius 3 is 2.65 bits per heavy atom. The van der Waals surface area contributed by atoms with Gasteiger partial charge in [-0.05, 0) is 36.6 Å². The molecule has 0 amide bonds. The third-order valence-corrected chi connectivity index (χ3v) is 8.37. The zero-order chi connectivity index (χ0) is 22.6. The van der Waals surface area contributed by atoms with Crippen LogP contribution >= 0.6 is 11.3 Å². The number of hydrogen-bond acceptors (Lipinski definition) is 7. The lowest BCUT2D eigenvalue weighted by Gasteiger charge is -2.36. The smallest absolute Gasteiger partial charge is 0.287 e. The van der Waals surface area contributed by atoms with E-state index in [9.17, 15) is 23.4 Å². The molecule has 0 saturated carbocycles. The molecule has 2 heterocycles. The standard InChI is InChI=1S/C22H24N2O5S2/c1-12(2)8-9-22(3)15-7-5-4-6-14(15)17(26)16(19(22)27)20-23-21-18(31(28,29)24-20)13(10-25)11-30-21/h4-7,11-12,25-26H,8-10H2,1-3H3,(H,23,24)/t22-/m0/s1. The maximum Gasteiger partial charge on any atom is 0.287 e. The van der Waals surface area contributed by atoms with Crippen molar-refractivity contribution in [2.75, 3.05) is 5.32 Å². The molecule has 31 heavy (non-hydrogen) atoms. The molecule has 0 radical (unpaired) electrons. The molecule has 0 spiro atoms. The van der Waals surface area contributed by atoms with Crippen LogP contribution in [-0.4, -0.2) is 30.2 Å². The van der Waals surface area contributed by atoms with E-state index in [0.29, 0.717) is 17.9 Å². The number of hydrogen-bond donors (Lipinski definition) is 3. The van der Waals surface area contributed by atoms with Crippen molar-refractivity contribution in [1.82, 2.24) is 0 Å². The van der Waals surface area contributed by atoms with Crippen molar-refractivity contribution < 1.29 is 23.4 Å². The third-order valence-electron chi connectivity index (χ3n) is 5.89. The lowest BCUT2D eigenvalue weighted by atomic mass is 9.66. The molecule has 1 aliphatic heterocycles. The van der Waals surface area contributed by atoms with Gasteiger partial charge in [0, 0.05) is 11.1 Å². The van der Waals surface area contributed by atoms with E-state index in [0.717, 1.165) is 23.3 Å². The number of nitrogens with one attached hydrogen (secondary N) is 1. The van der Waals surface area contributed by atoms with Gasteiger partial charge in [0.15, 0.2) is 11.6 Å². The summed E-state index contributed by atoms with van der Waals surface area (Å²) in [7, 11) is -4.15. The van der Waals surface area contributed by atoms with Gasteiger partial charge >= 0.3 is 0 Å². The topological polar surface area (TPSA) is 116 Å². The number of thiophene rings is 1. The van der Waals surface area contributed by atoms with E-state index in [-0.39, 0.29) is 38.4 Å². The molecule has 3 N–H and O–H groups in total. The van der Waals surface area contributed by atoms with Crippen LogP contribution in [0.3, 0.4) is 0 Å². The summed E-state index contributed by atoms with van der Waals surface area (Å²) < 4.78 is 29.5. The summed E-state index contributed by atoms with van der Waals surface area (Å²) in [5.74, 6) is -0.470. The molecular weight excluding hydrogens is 436 g/mol. The second-order valence-electron chi connectivity index (χ2n) is 8.48. The molecule has 1 aromatic carbocycles. The molecule has 2 aliphatic rings. The van der Waals surface area contributed by atoms with E-state index in [2.05, 4.69) is 23.6 Å². The fraction of sp³-hybridized carbons (Fsp3) is 0.364. The van der Waals surface area contributed by atoms with Crippen molar-refractivity contribution >= 4 is 43.7 Å². The number of ketones is 1. The Morgan fingerprint density at radius 1 is 1.26 bits per heavy atom. The third kappa shape index (κ3) is 3.40. The molecule has 1 aliphatic carbocycles. The molecule has 9 heteroatoms. The van der Waals surface area contributed by atoms with Gasteiger partial charge in [-0.1, -0.05) is 38.1 Å². The van der Waals surface area contributed by atoms with Gasteiger partial charge in [0.25, 0.3) is 10.0 Å². The molecule has 1 atom stereocenters. The fourth-order valence-electron chi connectivity index (χ4n) is 4.12. The van der Waals surface area contributed by atoms with Crippen LogP contribution in [0.25, 0.3) is 5.76 Å². The van der Waals surface area contributed by atoms with E-state index in [1.807, 2.05) is 19.1 Å². The number of fused-ring (bicyclic) bond motifs is 2. The van der Waals surface area contributed by atoms with Crippen LogP contribution in [-0.2, 0) is 26.8 Å². The van der Waals surface area contributed by atoms with Crippen LogP contribution in [0.5, 0.6) is 0 Å². The Kier molecular flexibility index (Phi) is 5.31. The molecule has 0 saturated heterocycles. The quantitative estimate of drug-likeness (QED) is 0.621.